The van der Waals surface area contributed by atoms with Crippen LogP contribution in [0.2, 0.25) is 0 Å². The number of ether oxygens (including phenoxy) is 1. The number of aromatic nitrogens is 2. The van der Waals surface area contributed by atoms with Crippen molar-refractivity contribution in [1.29, 1.82) is 0 Å². The van der Waals surface area contributed by atoms with Gasteiger partial charge in [-0.2, -0.15) is 5.10 Å². The van der Waals surface area contributed by atoms with Crippen LogP contribution < -0.4 is 10.2 Å². The van der Waals surface area contributed by atoms with Crippen molar-refractivity contribution >= 4 is 11.7 Å². The zero-order valence-corrected chi connectivity index (χ0v) is 15.4. The van der Waals surface area contributed by atoms with Gasteiger partial charge in [0.25, 0.3) is 5.91 Å². The second kappa shape index (κ2) is 7.37. The quantitative estimate of drug-likeness (QED) is 0.875. The third-order valence-electron chi connectivity index (χ3n) is 4.40. The lowest BCUT2D eigenvalue weighted by Gasteiger charge is -2.31. The minimum absolute atomic E-state index is 0.00422. The predicted octanol–water partition coefficient (Wildman–Crippen LogP) is 1.12. The highest BCUT2D eigenvalue weighted by Crippen LogP contribution is 2.17. The number of nitrogens with zero attached hydrogens (tertiary/aromatic N) is 2. The van der Waals surface area contributed by atoms with Gasteiger partial charge in [0.15, 0.2) is 6.54 Å². The van der Waals surface area contributed by atoms with Gasteiger partial charge in [-0.3, -0.25) is 4.79 Å². The van der Waals surface area contributed by atoms with Gasteiger partial charge in [-0.15, -0.1) is 0 Å². The van der Waals surface area contributed by atoms with Gasteiger partial charge in [-0.25, -0.2) is 4.68 Å². The van der Waals surface area contributed by atoms with Gasteiger partial charge in [0, 0.05) is 6.07 Å². The maximum absolute atomic E-state index is 12.5. The van der Waals surface area contributed by atoms with Crippen molar-refractivity contribution in [3.63, 3.8) is 0 Å². The van der Waals surface area contributed by atoms with Gasteiger partial charge in [-0.1, -0.05) is 17.7 Å². The van der Waals surface area contributed by atoms with Gasteiger partial charge in [-0.05, 0) is 39.8 Å². The third kappa shape index (κ3) is 4.46. The van der Waals surface area contributed by atoms with Crippen LogP contribution in [-0.4, -0.2) is 47.5 Å². The van der Waals surface area contributed by atoms with Gasteiger partial charge in [0.05, 0.1) is 11.4 Å². The van der Waals surface area contributed by atoms with E-state index in [4.69, 9.17) is 4.74 Å². The Morgan fingerprint density at radius 1 is 1.24 bits per heavy atom. The first-order chi connectivity index (χ1) is 11.9. The Morgan fingerprint density at radius 2 is 1.88 bits per heavy atom. The van der Waals surface area contributed by atoms with Crippen molar-refractivity contribution in [2.75, 3.05) is 25.0 Å². The molecular formula is C19H27N4O2+. The second-order valence-electron chi connectivity index (χ2n) is 7.06. The van der Waals surface area contributed by atoms with Crippen LogP contribution in [0.1, 0.15) is 25.1 Å². The average molecular weight is 343 g/mol. The molecule has 0 aliphatic carbocycles. The molecule has 1 fully saturated rings. The molecule has 2 N–H and O–H groups in total. The highest BCUT2D eigenvalue weighted by molar-refractivity contribution is 5.91. The Hall–Kier alpha value is -2.18. The molecule has 2 heterocycles. The molecule has 1 amide bonds. The maximum atomic E-state index is 12.5. The lowest BCUT2D eigenvalue weighted by molar-refractivity contribution is -0.907. The minimum Gasteiger partial charge on any atom is -0.364 e. The summed E-state index contributed by atoms with van der Waals surface area (Å²) in [6.45, 7) is 10.2. The summed E-state index contributed by atoms with van der Waals surface area (Å²) in [7, 11) is 0. The SMILES string of the molecule is Cc1ccc(-n2nc(C)cc2NC(=O)C[NH+]2C[C@@H](C)O[C@H](C)C2)cc1. The van der Waals surface area contributed by atoms with Crippen LogP contribution in [0.15, 0.2) is 30.3 Å². The molecule has 0 spiro atoms. The molecule has 3 rings (SSSR count). The van der Waals surface area contributed by atoms with Crippen LogP contribution in [0.5, 0.6) is 0 Å². The first kappa shape index (κ1) is 17.6. The fourth-order valence-electron chi connectivity index (χ4n) is 3.42. The van der Waals surface area contributed by atoms with Crippen LogP contribution >= 0.6 is 0 Å². The van der Waals surface area contributed by atoms with Crippen molar-refractivity contribution in [2.45, 2.75) is 39.9 Å². The number of morpholine rings is 1. The molecule has 2 aromatic rings. The molecule has 25 heavy (non-hydrogen) atoms. The topological polar surface area (TPSA) is 60.6 Å². The molecule has 0 unspecified atom stereocenters. The Kier molecular flexibility index (Phi) is 5.20. The Labute approximate surface area is 148 Å². The molecule has 0 saturated carbocycles. The number of hydrogen-bond acceptors (Lipinski definition) is 3. The second-order valence-corrected chi connectivity index (χ2v) is 7.06. The Bertz CT molecular complexity index is 728. The third-order valence-corrected chi connectivity index (χ3v) is 4.40. The fraction of sp³-hybridized carbons (Fsp3) is 0.474. The van der Waals surface area contributed by atoms with Crippen molar-refractivity contribution in [3.05, 3.63) is 41.6 Å². The van der Waals surface area contributed by atoms with Crippen LogP contribution in [-0.2, 0) is 9.53 Å². The van der Waals surface area contributed by atoms with Gasteiger partial charge >= 0.3 is 0 Å². The summed E-state index contributed by atoms with van der Waals surface area (Å²) in [6, 6.07) is 10.00. The van der Waals surface area contributed by atoms with E-state index < -0.39 is 0 Å². The largest absolute Gasteiger partial charge is 0.364 e. The summed E-state index contributed by atoms with van der Waals surface area (Å²) in [4.78, 5) is 13.8. The fourth-order valence-corrected chi connectivity index (χ4v) is 3.42. The summed E-state index contributed by atoms with van der Waals surface area (Å²) in [5, 5.41) is 7.53. The number of quaternary nitrogens is 1. The molecule has 2 atom stereocenters. The monoisotopic (exact) mass is 343 g/mol. The van der Waals surface area contributed by atoms with Crippen molar-refractivity contribution in [2.24, 2.45) is 0 Å². The summed E-state index contributed by atoms with van der Waals surface area (Å²) in [5.74, 6) is 0.713. The van der Waals surface area contributed by atoms with E-state index in [-0.39, 0.29) is 18.1 Å². The van der Waals surface area contributed by atoms with E-state index in [0.29, 0.717) is 12.4 Å². The molecule has 1 saturated heterocycles. The summed E-state index contributed by atoms with van der Waals surface area (Å²) < 4.78 is 7.52. The Morgan fingerprint density at radius 3 is 2.52 bits per heavy atom. The van der Waals surface area contributed by atoms with Crippen LogP contribution in [0.4, 0.5) is 5.82 Å². The minimum atomic E-state index is 0.00422. The highest BCUT2D eigenvalue weighted by atomic mass is 16.5. The van der Waals surface area contributed by atoms with Gasteiger partial charge < -0.3 is 15.0 Å². The van der Waals surface area contributed by atoms with Crippen molar-refractivity contribution < 1.29 is 14.4 Å². The summed E-state index contributed by atoms with van der Waals surface area (Å²) in [5.41, 5.74) is 3.00. The van der Waals surface area contributed by atoms with E-state index in [1.807, 2.05) is 44.2 Å². The summed E-state index contributed by atoms with van der Waals surface area (Å²) in [6.07, 6.45) is 0.374. The summed E-state index contributed by atoms with van der Waals surface area (Å²) >= 11 is 0. The van der Waals surface area contributed by atoms with E-state index >= 15 is 0 Å². The average Bonchev–Trinajstić information content (AvgIpc) is 2.87. The number of benzene rings is 1. The van der Waals surface area contributed by atoms with Crippen molar-refractivity contribution in [3.8, 4) is 5.69 Å². The number of aryl methyl sites for hydroxylation is 2. The number of anilines is 1. The smallest absolute Gasteiger partial charge is 0.280 e. The molecule has 6 heteroatoms. The maximum Gasteiger partial charge on any atom is 0.280 e. The Balaban J connectivity index is 1.70. The number of amides is 1. The van der Waals surface area contributed by atoms with E-state index in [1.54, 1.807) is 4.68 Å². The van der Waals surface area contributed by atoms with Crippen LogP contribution in [0, 0.1) is 13.8 Å². The van der Waals surface area contributed by atoms with E-state index in [2.05, 4.69) is 24.3 Å². The number of carbonyl (C=O) groups excluding carboxylic acids is 1. The molecule has 1 aromatic heterocycles. The molecule has 0 radical (unpaired) electrons. The van der Waals surface area contributed by atoms with Crippen LogP contribution in [0.3, 0.4) is 0 Å². The van der Waals surface area contributed by atoms with E-state index in [0.717, 1.165) is 24.5 Å². The van der Waals surface area contributed by atoms with Gasteiger partial charge in [0.1, 0.15) is 31.1 Å². The predicted molar refractivity (Wildman–Crippen MR) is 97.2 cm³/mol. The van der Waals surface area contributed by atoms with Crippen LogP contribution in [0.25, 0.3) is 5.69 Å². The lowest BCUT2D eigenvalue weighted by Crippen LogP contribution is -3.16. The normalized spacial score (nSPS) is 23.4. The molecule has 1 aliphatic heterocycles. The number of rotatable bonds is 4. The number of hydrogen-bond donors (Lipinski definition) is 2. The first-order valence-corrected chi connectivity index (χ1v) is 8.83. The zero-order chi connectivity index (χ0) is 18.0. The lowest BCUT2D eigenvalue weighted by atomic mass is 10.2. The molecule has 1 aliphatic rings. The molecule has 134 valence electrons. The van der Waals surface area contributed by atoms with Gasteiger partial charge in [0.2, 0.25) is 0 Å². The number of nitrogens with one attached hydrogen (secondary N) is 2. The molecule has 6 nitrogen and oxygen atoms in total. The highest BCUT2D eigenvalue weighted by Gasteiger charge is 2.27. The van der Waals surface area contributed by atoms with E-state index in [1.165, 1.54) is 10.5 Å². The molecular weight excluding hydrogens is 316 g/mol. The zero-order valence-electron chi connectivity index (χ0n) is 15.4. The molecule has 0 bridgehead atoms. The molecule has 1 aromatic carbocycles. The standard InChI is InChI=1S/C19H26N4O2/c1-13-5-7-17(8-6-13)23-18(9-14(2)21-23)20-19(24)12-22-10-15(3)25-16(4)11-22/h5-9,15-16H,10-12H2,1-4H3,(H,20,24)/p+1/t15-,16-/m1/s1. The number of carbonyl (C=O) groups is 1. The van der Waals surface area contributed by atoms with E-state index in [9.17, 15) is 4.79 Å². The first-order valence-electron chi connectivity index (χ1n) is 8.83. The van der Waals surface area contributed by atoms with Crippen molar-refractivity contribution in [1.82, 2.24) is 9.78 Å².